The zero-order valence-electron chi connectivity index (χ0n) is 16.8. The summed E-state index contributed by atoms with van der Waals surface area (Å²) >= 11 is 0. The second-order valence-corrected chi connectivity index (χ2v) is 6.48. The predicted molar refractivity (Wildman–Crippen MR) is 118 cm³/mol. The lowest BCUT2D eigenvalue weighted by Crippen LogP contribution is -1.95. The van der Waals surface area contributed by atoms with Gasteiger partial charge in [-0.15, -0.1) is 0 Å². The minimum Gasteiger partial charge on any atom is -0.399 e. The number of aryl methyl sites for hydroxylation is 3. The molecule has 0 bridgehead atoms. The highest BCUT2D eigenvalue weighted by Gasteiger charge is 1.88. The smallest absolute Gasteiger partial charge is 0.0316 e. The summed E-state index contributed by atoms with van der Waals surface area (Å²) in [4.78, 5) is 0. The van der Waals surface area contributed by atoms with Gasteiger partial charge in [0, 0.05) is 18.8 Å². The maximum absolute atomic E-state index is 5.46. The van der Waals surface area contributed by atoms with Gasteiger partial charge in [0.1, 0.15) is 0 Å². The standard InChI is InChI=1S/C9H13N.C8H11N.C7H9N/c1-2-8-3-5-9(7-10)6-4-8;1-7-3-2-4-8(5-7)6-9;1-6-3-2-4-7(8)5-6/h3-6H,2,7,10H2,1H3;2-5H,6,9H2,1H3;2-5H,8H2,1H3. The maximum Gasteiger partial charge on any atom is 0.0316 e. The summed E-state index contributed by atoms with van der Waals surface area (Å²) in [5, 5.41) is 0. The van der Waals surface area contributed by atoms with Gasteiger partial charge in [0.25, 0.3) is 0 Å². The third kappa shape index (κ3) is 9.59. The van der Waals surface area contributed by atoms with Crippen LogP contribution in [0.1, 0.15) is 34.7 Å². The number of rotatable bonds is 3. The molecule has 0 aromatic heterocycles. The van der Waals surface area contributed by atoms with Gasteiger partial charge in [0.2, 0.25) is 0 Å². The van der Waals surface area contributed by atoms with Crippen molar-refractivity contribution in [3.63, 3.8) is 0 Å². The highest BCUT2D eigenvalue weighted by Crippen LogP contribution is 2.04. The lowest BCUT2D eigenvalue weighted by molar-refractivity contribution is 1.06. The van der Waals surface area contributed by atoms with Crippen molar-refractivity contribution in [1.29, 1.82) is 0 Å². The molecule has 0 aliphatic carbocycles. The SMILES string of the molecule is CCc1ccc(CN)cc1.Cc1cccc(CN)c1.Cc1cccc(N)c1. The Balaban J connectivity index is 0.000000204. The van der Waals surface area contributed by atoms with E-state index >= 15 is 0 Å². The predicted octanol–water partition coefficient (Wildman–Crippen LogP) is 4.74. The van der Waals surface area contributed by atoms with Gasteiger partial charge in [0.05, 0.1) is 0 Å². The Morgan fingerprint density at radius 1 is 0.630 bits per heavy atom. The fraction of sp³-hybridized carbons (Fsp3) is 0.250. The molecule has 0 unspecified atom stereocenters. The van der Waals surface area contributed by atoms with E-state index in [1.165, 1.54) is 27.8 Å². The van der Waals surface area contributed by atoms with E-state index in [2.05, 4.69) is 50.2 Å². The summed E-state index contributed by atoms with van der Waals surface area (Å²) in [5.41, 5.74) is 23.4. The summed E-state index contributed by atoms with van der Waals surface area (Å²) in [7, 11) is 0. The van der Waals surface area contributed by atoms with E-state index in [0.717, 1.165) is 12.1 Å². The number of nitrogen functional groups attached to an aromatic ring is 1. The van der Waals surface area contributed by atoms with E-state index in [1.807, 2.05) is 43.3 Å². The minimum atomic E-state index is 0.641. The van der Waals surface area contributed by atoms with Crippen LogP contribution in [0.5, 0.6) is 0 Å². The monoisotopic (exact) mass is 363 g/mol. The van der Waals surface area contributed by atoms with Gasteiger partial charge in [-0.2, -0.15) is 0 Å². The van der Waals surface area contributed by atoms with Crippen molar-refractivity contribution in [2.75, 3.05) is 5.73 Å². The van der Waals surface area contributed by atoms with Crippen LogP contribution in [-0.2, 0) is 19.5 Å². The van der Waals surface area contributed by atoms with E-state index < -0.39 is 0 Å². The molecular weight excluding hydrogens is 330 g/mol. The highest BCUT2D eigenvalue weighted by atomic mass is 14.5. The van der Waals surface area contributed by atoms with Crippen LogP contribution in [0.4, 0.5) is 5.69 Å². The Hall–Kier alpha value is -2.62. The average Bonchev–Trinajstić information content (AvgIpc) is 2.69. The molecule has 3 heteroatoms. The van der Waals surface area contributed by atoms with Gasteiger partial charge in [-0.1, -0.05) is 73.2 Å². The number of benzene rings is 3. The van der Waals surface area contributed by atoms with Crippen LogP contribution < -0.4 is 17.2 Å². The molecule has 0 spiro atoms. The zero-order chi connectivity index (χ0) is 20.1. The zero-order valence-corrected chi connectivity index (χ0v) is 16.8. The third-order valence-electron chi connectivity index (χ3n) is 4.03. The molecule has 3 aromatic rings. The van der Waals surface area contributed by atoms with Crippen LogP contribution in [0.25, 0.3) is 0 Å². The molecule has 3 rings (SSSR count). The second kappa shape index (κ2) is 12.7. The quantitative estimate of drug-likeness (QED) is 0.588. The molecule has 0 aliphatic rings. The van der Waals surface area contributed by atoms with Gasteiger partial charge in [-0.3, -0.25) is 0 Å². The Morgan fingerprint density at radius 2 is 1.15 bits per heavy atom. The second-order valence-electron chi connectivity index (χ2n) is 6.48. The number of anilines is 1. The Bertz CT molecular complexity index is 739. The number of hydrogen-bond acceptors (Lipinski definition) is 3. The van der Waals surface area contributed by atoms with E-state index in [-0.39, 0.29) is 0 Å². The first-order valence-electron chi connectivity index (χ1n) is 9.34. The summed E-state index contributed by atoms with van der Waals surface area (Å²) in [6, 6.07) is 24.4. The van der Waals surface area contributed by atoms with E-state index in [4.69, 9.17) is 17.2 Å². The summed E-state index contributed by atoms with van der Waals surface area (Å²) in [5.74, 6) is 0. The highest BCUT2D eigenvalue weighted by molar-refractivity contribution is 5.39. The fourth-order valence-corrected chi connectivity index (χ4v) is 2.42. The van der Waals surface area contributed by atoms with Crippen LogP contribution in [0.15, 0.2) is 72.8 Å². The molecular formula is C24H33N3. The van der Waals surface area contributed by atoms with Crippen molar-refractivity contribution in [2.45, 2.75) is 40.3 Å². The van der Waals surface area contributed by atoms with Crippen LogP contribution >= 0.6 is 0 Å². The summed E-state index contributed by atoms with van der Waals surface area (Å²) in [6.45, 7) is 7.53. The van der Waals surface area contributed by atoms with Crippen LogP contribution in [0, 0.1) is 13.8 Å². The van der Waals surface area contributed by atoms with Crippen LogP contribution in [0.3, 0.4) is 0 Å². The van der Waals surface area contributed by atoms with Crippen molar-refractivity contribution in [3.05, 3.63) is 101 Å². The lowest BCUT2D eigenvalue weighted by Gasteiger charge is -1.97. The molecule has 0 aliphatic heterocycles. The van der Waals surface area contributed by atoms with Gasteiger partial charge >= 0.3 is 0 Å². The molecule has 3 aromatic carbocycles. The molecule has 3 nitrogen and oxygen atoms in total. The topological polar surface area (TPSA) is 78.1 Å². The van der Waals surface area contributed by atoms with Gasteiger partial charge in [-0.25, -0.2) is 0 Å². The van der Waals surface area contributed by atoms with Crippen molar-refractivity contribution >= 4 is 5.69 Å². The Morgan fingerprint density at radius 3 is 1.52 bits per heavy atom. The fourth-order valence-electron chi connectivity index (χ4n) is 2.42. The van der Waals surface area contributed by atoms with Crippen LogP contribution in [0.2, 0.25) is 0 Å². The molecule has 0 saturated heterocycles. The van der Waals surface area contributed by atoms with Crippen molar-refractivity contribution in [3.8, 4) is 0 Å². The first-order chi connectivity index (χ1) is 13.0. The number of hydrogen-bond donors (Lipinski definition) is 3. The molecule has 6 N–H and O–H groups in total. The molecule has 144 valence electrons. The lowest BCUT2D eigenvalue weighted by atomic mass is 10.1. The molecule has 0 atom stereocenters. The maximum atomic E-state index is 5.46. The molecule has 0 radical (unpaired) electrons. The molecule has 0 amide bonds. The van der Waals surface area contributed by atoms with Crippen LogP contribution in [-0.4, -0.2) is 0 Å². The largest absolute Gasteiger partial charge is 0.399 e. The van der Waals surface area contributed by atoms with Gasteiger partial charge < -0.3 is 17.2 Å². The normalized spacial score (nSPS) is 9.52. The summed E-state index contributed by atoms with van der Waals surface area (Å²) in [6.07, 6.45) is 1.10. The third-order valence-corrected chi connectivity index (χ3v) is 4.03. The van der Waals surface area contributed by atoms with Crippen molar-refractivity contribution < 1.29 is 0 Å². The van der Waals surface area contributed by atoms with Crippen molar-refractivity contribution in [1.82, 2.24) is 0 Å². The molecule has 0 fully saturated rings. The van der Waals surface area contributed by atoms with Gasteiger partial charge in [0.15, 0.2) is 0 Å². The Labute approximate surface area is 164 Å². The molecule has 0 heterocycles. The van der Waals surface area contributed by atoms with Gasteiger partial charge in [-0.05, 0) is 54.7 Å². The minimum absolute atomic E-state index is 0.641. The number of nitrogens with two attached hydrogens (primary N) is 3. The molecule has 27 heavy (non-hydrogen) atoms. The van der Waals surface area contributed by atoms with E-state index in [9.17, 15) is 0 Å². The first-order valence-corrected chi connectivity index (χ1v) is 9.34. The average molecular weight is 364 g/mol. The van der Waals surface area contributed by atoms with E-state index in [1.54, 1.807) is 0 Å². The van der Waals surface area contributed by atoms with E-state index in [0.29, 0.717) is 13.1 Å². The summed E-state index contributed by atoms with van der Waals surface area (Å²) < 4.78 is 0. The molecule has 0 saturated carbocycles. The Kier molecular flexibility index (Phi) is 10.5. The van der Waals surface area contributed by atoms with Crippen molar-refractivity contribution in [2.24, 2.45) is 11.5 Å². The first kappa shape index (κ1) is 22.4.